The van der Waals surface area contributed by atoms with Gasteiger partial charge in [0.2, 0.25) is 5.91 Å². The third kappa shape index (κ3) is 3.23. The summed E-state index contributed by atoms with van der Waals surface area (Å²) in [7, 11) is 1.46. The second-order valence-corrected chi connectivity index (χ2v) is 5.37. The van der Waals surface area contributed by atoms with E-state index in [-0.39, 0.29) is 18.2 Å². The number of amides is 1. The summed E-state index contributed by atoms with van der Waals surface area (Å²) in [6.45, 7) is 1.91. The number of carbonyl (C=O) groups excluding carboxylic acids is 1. The van der Waals surface area contributed by atoms with Crippen LogP contribution in [0, 0.1) is 12.7 Å². The van der Waals surface area contributed by atoms with Gasteiger partial charge in [-0.25, -0.2) is 9.37 Å². The first kappa shape index (κ1) is 16.0. The van der Waals surface area contributed by atoms with Gasteiger partial charge in [0.25, 0.3) is 0 Å². The molecule has 0 saturated carbocycles. The average molecular weight is 325 g/mol. The van der Waals surface area contributed by atoms with Crippen LogP contribution >= 0.6 is 0 Å². The van der Waals surface area contributed by atoms with Crippen LogP contribution < -0.4 is 5.32 Å². The smallest absolute Gasteiger partial charge is 0.250 e. The summed E-state index contributed by atoms with van der Waals surface area (Å²) in [4.78, 5) is 20.2. The number of nitrogens with zero attached hydrogens (tertiary/aromatic N) is 2. The number of benzene rings is 1. The fourth-order valence-corrected chi connectivity index (χ4v) is 2.50. The van der Waals surface area contributed by atoms with Crippen molar-refractivity contribution in [3.05, 3.63) is 54.0 Å². The van der Waals surface area contributed by atoms with Crippen molar-refractivity contribution in [2.45, 2.75) is 6.92 Å². The molecule has 0 saturated heterocycles. The number of aryl methyl sites for hydroxylation is 1. The highest BCUT2D eigenvalue weighted by Crippen LogP contribution is 2.26. The molecule has 1 N–H and O–H groups in total. The van der Waals surface area contributed by atoms with E-state index in [2.05, 4.69) is 15.3 Å². The van der Waals surface area contributed by atoms with Crippen LogP contribution in [0.4, 0.5) is 10.1 Å². The molecule has 0 spiro atoms. The largest absolute Gasteiger partial charge is 0.375 e. The lowest BCUT2D eigenvalue weighted by Gasteiger charge is -2.09. The van der Waals surface area contributed by atoms with Gasteiger partial charge in [0.1, 0.15) is 12.3 Å². The van der Waals surface area contributed by atoms with Crippen molar-refractivity contribution in [3.63, 3.8) is 0 Å². The molecule has 0 fully saturated rings. The van der Waals surface area contributed by atoms with Crippen molar-refractivity contribution >= 4 is 22.5 Å². The Morgan fingerprint density at radius 2 is 2.12 bits per heavy atom. The first-order valence-corrected chi connectivity index (χ1v) is 7.39. The van der Waals surface area contributed by atoms with Crippen LogP contribution in [-0.4, -0.2) is 29.6 Å². The Morgan fingerprint density at radius 3 is 2.88 bits per heavy atom. The molecule has 1 amide bonds. The quantitative estimate of drug-likeness (QED) is 0.799. The summed E-state index contributed by atoms with van der Waals surface area (Å²) < 4.78 is 18.7. The molecule has 3 aromatic rings. The van der Waals surface area contributed by atoms with E-state index in [0.717, 1.165) is 10.9 Å². The van der Waals surface area contributed by atoms with Crippen LogP contribution in [0.3, 0.4) is 0 Å². The van der Waals surface area contributed by atoms with Crippen molar-refractivity contribution in [1.29, 1.82) is 0 Å². The minimum atomic E-state index is -0.410. The van der Waals surface area contributed by atoms with E-state index in [4.69, 9.17) is 4.74 Å². The number of pyridine rings is 2. The Bertz CT molecular complexity index is 912. The van der Waals surface area contributed by atoms with Gasteiger partial charge in [-0.15, -0.1) is 0 Å². The Hall–Kier alpha value is -2.86. The number of halogens is 1. The number of carbonyl (C=O) groups is 1. The Morgan fingerprint density at radius 1 is 1.29 bits per heavy atom. The zero-order valence-corrected chi connectivity index (χ0v) is 13.3. The number of rotatable bonds is 4. The zero-order valence-electron chi connectivity index (χ0n) is 13.3. The number of nitrogens with one attached hydrogen (secondary N) is 1. The minimum Gasteiger partial charge on any atom is -0.375 e. The van der Waals surface area contributed by atoms with Crippen LogP contribution in [-0.2, 0) is 9.53 Å². The Kier molecular flexibility index (Phi) is 4.48. The first-order valence-electron chi connectivity index (χ1n) is 7.39. The van der Waals surface area contributed by atoms with E-state index >= 15 is 0 Å². The fourth-order valence-electron chi connectivity index (χ4n) is 2.50. The lowest BCUT2D eigenvalue weighted by molar-refractivity contribution is -0.119. The Labute approximate surface area is 138 Å². The van der Waals surface area contributed by atoms with Crippen molar-refractivity contribution in [2.24, 2.45) is 0 Å². The van der Waals surface area contributed by atoms with Crippen molar-refractivity contribution < 1.29 is 13.9 Å². The number of hydrogen-bond donors (Lipinski definition) is 1. The van der Waals surface area contributed by atoms with Gasteiger partial charge in [-0.05, 0) is 48.9 Å². The molecule has 0 aliphatic carbocycles. The zero-order chi connectivity index (χ0) is 17.1. The monoisotopic (exact) mass is 325 g/mol. The molecule has 5 nitrogen and oxygen atoms in total. The summed E-state index contributed by atoms with van der Waals surface area (Å²) in [5.74, 6) is -0.637. The van der Waals surface area contributed by atoms with E-state index < -0.39 is 5.82 Å². The van der Waals surface area contributed by atoms with Gasteiger partial charge in [0.05, 0.1) is 11.2 Å². The van der Waals surface area contributed by atoms with E-state index in [1.165, 1.54) is 19.4 Å². The molecule has 6 heteroatoms. The van der Waals surface area contributed by atoms with Gasteiger partial charge < -0.3 is 10.1 Å². The molecule has 3 rings (SSSR count). The molecule has 0 aliphatic heterocycles. The molecule has 2 aromatic heterocycles. The molecule has 1 aromatic carbocycles. The standard InChI is InChI=1S/C18H16FN3O2/c1-11-8-16(18-14(19)4-3-7-20-18)22-15-6-5-12(9-13(11)15)21-17(23)10-24-2/h3-9H,10H2,1-2H3,(H,21,23). The maximum Gasteiger partial charge on any atom is 0.250 e. The van der Waals surface area contributed by atoms with Crippen molar-refractivity contribution in [3.8, 4) is 11.4 Å². The van der Waals surface area contributed by atoms with E-state index in [9.17, 15) is 9.18 Å². The second kappa shape index (κ2) is 6.72. The Balaban J connectivity index is 2.01. The summed E-state index contributed by atoms with van der Waals surface area (Å²) in [6.07, 6.45) is 1.54. The van der Waals surface area contributed by atoms with Crippen molar-refractivity contribution in [1.82, 2.24) is 9.97 Å². The number of ether oxygens (including phenoxy) is 1. The number of methoxy groups -OCH3 is 1. The highest BCUT2D eigenvalue weighted by atomic mass is 19.1. The highest BCUT2D eigenvalue weighted by molar-refractivity contribution is 5.95. The molecule has 0 unspecified atom stereocenters. The predicted molar refractivity (Wildman–Crippen MR) is 90.2 cm³/mol. The molecule has 122 valence electrons. The molecular formula is C18H16FN3O2. The molecule has 0 radical (unpaired) electrons. The lowest BCUT2D eigenvalue weighted by Crippen LogP contribution is -2.17. The first-order chi connectivity index (χ1) is 11.6. The van der Waals surface area contributed by atoms with Crippen LogP contribution in [0.25, 0.3) is 22.3 Å². The SMILES string of the molecule is COCC(=O)Nc1ccc2nc(-c3ncccc3F)cc(C)c2c1. The van der Waals surface area contributed by atoms with Gasteiger partial charge in [-0.2, -0.15) is 0 Å². The van der Waals surface area contributed by atoms with Crippen LogP contribution in [0.1, 0.15) is 5.56 Å². The maximum atomic E-state index is 13.9. The van der Waals surface area contributed by atoms with Gasteiger partial charge in [-0.1, -0.05) is 0 Å². The normalized spacial score (nSPS) is 10.8. The number of fused-ring (bicyclic) bond motifs is 1. The minimum absolute atomic E-state index is 0.00679. The summed E-state index contributed by atoms with van der Waals surface area (Å²) in [5.41, 5.74) is 2.99. The summed E-state index contributed by atoms with van der Waals surface area (Å²) in [5, 5.41) is 3.63. The third-order valence-corrected chi connectivity index (χ3v) is 3.58. The number of anilines is 1. The van der Waals surface area contributed by atoms with Crippen LogP contribution in [0.5, 0.6) is 0 Å². The lowest BCUT2D eigenvalue weighted by atomic mass is 10.1. The molecule has 2 heterocycles. The van der Waals surface area contributed by atoms with Gasteiger partial charge in [-0.3, -0.25) is 9.78 Å². The predicted octanol–water partition coefficient (Wildman–Crippen LogP) is 3.33. The van der Waals surface area contributed by atoms with Crippen molar-refractivity contribution in [2.75, 3.05) is 19.0 Å². The van der Waals surface area contributed by atoms with E-state index in [1.807, 2.05) is 13.0 Å². The van der Waals surface area contributed by atoms with Gasteiger partial charge >= 0.3 is 0 Å². The van der Waals surface area contributed by atoms with E-state index in [1.54, 1.807) is 24.3 Å². The summed E-state index contributed by atoms with van der Waals surface area (Å²) in [6, 6.07) is 10.1. The molecule has 0 bridgehead atoms. The van der Waals surface area contributed by atoms with Gasteiger partial charge in [0, 0.05) is 24.4 Å². The molecule has 0 atom stereocenters. The molecular weight excluding hydrogens is 309 g/mol. The third-order valence-electron chi connectivity index (χ3n) is 3.58. The number of aromatic nitrogens is 2. The maximum absolute atomic E-state index is 13.9. The second-order valence-electron chi connectivity index (χ2n) is 5.37. The molecule has 24 heavy (non-hydrogen) atoms. The van der Waals surface area contributed by atoms with E-state index in [0.29, 0.717) is 16.9 Å². The summed E-state index contributed by atoms with van der Waals surface area (Å²) >= 11 is 0. The van der Waals surface area contributed by atoms with Gasteiger partial charge in [0.15, 0.2) is 5.82 Å². The van der Waals surface area contributed by atoms with Crippen LogP contribution in [0.15, 0.2) is 42.6 Å². The number of hydrogen-bond acceptors (Lipinski definition) is 4. The highest BCUT2D eigenvalue weighted by Gasteiger charge is 2.11. The average Bonchev–Trinajstić information content (AvgIpc) is 2.56. The topological polar surface area (TPSA) is 64.1 Å². The molecule has 0 aliphatic rings. The fraction of sp³-hybridized carbons (Fsp3) is 0.167. The van der Waals surface area contributed by atoms with Crippen LogP contribution in [0.2, 0.25) is 0 Å².